The maximum absolute atomic E-state index is 10.8. The van der Waals surface area contributed by atoms with E-state index in [2.05, 4.69) is 0 Å². The molecule has 1 aliphatic heterocycles. The van der Waals surface area contributed by atoms with Gasteiger partial charge in [-0.05, 0) is 6.07 Å². The number of rotatable bonds is 2. The second kappa shape index (κ2) is 4.31. The first-order valence-electron chi connectivity index (χ1n) is 4.97. The molecule has 15 heavy (non-hydrogen) atoms. The highest BCUT2D eigenvalue weighted by Gasteiger charge is 2.15. The predicted octanol–water partition coefficient (Wildman–Crippen LogP) is 0.366. The molecule has 0 saturated heterocycles. The SMILES string of the molecule is NC(=O)CN1CCOc2ccccc2C1. The van der Waals surface area contributed by atoms with Crippen LogP contribution in [0.15, 0.2) is 24.3 Å². The average Bonchev–Trinajstić information content (AvgIpc) is 2.38. The molecule has 0 unspecified atom stereocenters. The number of amides is 1. The molecule has 1 aromatic rings. The van der Waals surface area contributed by atoms with Gasteiger partial charge in [0.2, 0.25) is 5.91 Å². The summed E-state index contributed by atoms with van der Waals surface area (Å²) in [7, 11) is 0. The van der Waals surface area contributed by atoms with Crippen molar-refractivity contribution in [1.82, 2.24) is 4.90 Å². The highest BCUT2D eigenvalue weighted by molar-refractivity contribution is 5.75. The lowest BCUT2D eigenvalue weighted by molar-refractivity contribution is -0.119. The fourth-order valence-electron chi connectivity index (χ4n) is 1.74. The van der Waals surface area contributed by atoms with Crippen LogP contribution >= 0.6 is 0 Å². The highest BCUT2D eigenvalue weighted by Crippen LogP contribution is 2.21. The zero-order chi connectivity index (χ0) is 10.7. The van der Waals surface area contributed by atoms with E-state index in [9.17, 15) is 4.79 Å². The number of carbonyl (C=O) groups is 1. The molecule has 0 spiro atoms. The zero-order valence-corrected chi connectivity index (χ0v) is 8.48. The summed E-state index contributed by atoms with van der Waals surface area (Å²) in [5.41, 5.74) is 6.28. The standard InChI is InChI=1S/C11H14N2O2/c12-11(14)8-13-5-6-15-10-4-2-1-3-9(10)7-13/h1-4H,5-8H2,(H2,12,14). The molecular weight excluding hydrogens is 192 g/mol. The van der Waals surface area contributed by atoms with Crippen molar-refractivity contribution < 1.29 is 9.53 Å². The molecule has 0 bridgehead atoms. The lowest BCUT2D eigenvalue weighted by Crippen LogP contribution is -2.34. The Morgan fingerprint density at radius 2 is 2.27 bits per heavy atom. The molecular formula is C11H14N2O2. The van der Waals surface area contributed by atoms with Gasteiger partial charge in [-0.2, -0.15) is 0 Å². The van der Waals surface area contributed by atoms with Crippen LogP contribution in [0.2, 0.25) is 0 Å². The number of hydrogen-bond acceptors (Lipinski definition) is 3. The van der Waals surface area contributed by atoms with Crippen LogP contribution in [0.3, 0.4) is 0 Å². The maximum Gasteiger partial charge on any atom is 0.231 e. The Bertz CT molecular complexity index is 365. The lowest BCUT2D eigenvalue weighted by atomic mass is 10.2. The summed E-state index contributed by atoms with van der Waals surface area (Å²) in [4.78, 5) is 12.8. The van der Waals surface area contributed by atoms with Crippen molar-refractivity contribution in [3.63, 3.8) is 0 Å². The van der Waals surface area contributed by atoms with Gasteiger partial charge in [-0.1, -0.05) is 18.2 Å². The molecule has 0 atom stereocenters. The Hall–Kier alpha value is -1.55. The van der Waals surface area contributed by atoms with Crippen LogP contribution < -0.4 is 10.5 Å². The Balaban J connectivity index is 2.13. The smallest absolute Gasteiger partial charge is 0.231 e. The van der Waals surface area contributed by atoms with Gasteiger partial charge < -0.3 is 10.5 Å². The number of nitrogens with two attached hydrogens (primary N) is 1. The van der Waals surface area contributed by atoms with Gasteiger partial charge in [0.25, 0.3) is 0 Å². The van der Waals surface area contributed by atoms with Gasteiger partial charge in [-0.15, -0.1) is 0 Å². The van der Waals surface area contributed by atoms with E-state index in [1.54, 1.807) is 0 Å². The van der Waals surface area contributed by atoms with Crippen LogP contribution in [-0.2, 0) is 11.3 Å². The third-order valence-electron chi connectivity index (χ3n) is 2.41. The zero-order valence-electron chi connectivity index (χ0n) is 8.48. The number of carbonyl (C=O) groups excluding carboxylic acids is 1. The van der Waals surface area contributed by atoms with Crippen molar-refractivity contribution in [2.75, 3.05) is 19.7 Å². The molecule has 1 aromatic carbocycles. The summed E-state index contributed by atoms with van der Waals surface area (Å²) < 4.78 is 5.57. The van der Waals surface area contributed by atoms with Crippen LogP contribution in [0, 0.1) is 0 Å². The van der Waals surface area contributed by atoms with Gasteiger partial charge in [-0.3, -0.25) is 9.69 Å². The lowest BCUT2D eigenvalue weighted by Gasteiger charge is -2.16. The van der Waals surface area contributed by atoms with E-state index >= 15 is 0 Å². The predicted molar refractivity (Wildman–Crippen MR) is 56.4 cm³/mol. The van der Waals surface area contributed by atoms with Crippen LogP contribution in [0.25, 0.3) is 0 Å². The summed E-state index contributed by atoms with van der Waals surface area (Å²) in [5, 5.41) is 0. The number of hydrogen-bond donors (Lipinski definition) is 1. The summed E-state index contributed by atoms with van der Waals surface area (Å²) in [6, 6.07) is 7.87. The van der Waals surface area contributed by atoms with Gasteiger partial charge in [0, 0.05) is 18.7 Å². The molecule has 80 valence electrons. The van der Waals surface area contributed by atoms with Gasteiger partial charge in [0.05, 0.1) is 6.54 Å². The number of benzene rings is 1. The van der Waals surface area contributed by atoms with E-state index in [4.69, 9.17) is 10.5 Å². The summed E-state index contributed by atoms with van der Waals surface area (Å²) in [6.45, 7) is 2.35. The molecule has 0 fully saturated rings. The molecule has 1 heterocycles. The van der Waals surface area contributed by atoms with Crippen LogP contribution in [-0.4, -0.2) is 30.5 Å². The number of primary amides is 1. The van der Waals surface area contributed by atoms with Crippen molar-refractivity contribution in [3.8, 4) is 5.75 Å². The van der Waals surface area contributed by atoms with Crippen molar-refractivity contribution in [2.24, 2.45) is 5.73 Å². The molecule has 0 aliphatic carbocycles. The van der Waals surface area contributed by atoms with E-state index in [1.165, 1.54) is 0 Å². The molecule has 4 heteroatoms. The summed E-state index contributed by atoms with van der Waals surface area (Å²) in [6.07, 6.45) is 0. The van der Waals surface area contributed by atoms with Crippen LogP contribution in [0.4, 0.5) is 0 Å². The second-order valence-corrected chi connectivity index (χ2v) is 3.63. The third-order valence-corrected chi connectivity index (χ3v) is 2.41. The minimum absolute atomic E-state index is 0.289. The van der Waals surface area contributed by atoms with E-state index in [0.29, 0.717) is 6.61 Å². The highest BCUT2D eigenvalue weighted by atomic mass is 16.5. The summed E-state index contributed by atoms with van der Waals surface area (Å²) >= 11 is 0. The van der Waals surface area contributed by atoms with Crippen molar-refractivity contribution in [2.45, 2.75) is 6.54 Å². The molecule has 2 N–H and O–H groups in total. The van der Waals surface area contributed by atoms with Gasteiger partial charge >= 0.3 is 0 Å². The van der Waals surface area contributed by atoms with Crippen molar-refractivity contribution in [1.29, 1.82) is 0 Å². The van der Waals surface area contributed by atoms with Crippen LogP contribution in [0.1, 0.15) is 5.56 Å². The molecule has 1 amide bonds. The Labute approximate surface area is 88.6 Å². The minimum atomic E-state index is -0.297. The maximum atomic E-state index is 10.8. The normalized spacial score (nSPS) is 16.3. The topological polar surface area (TPSA) is 55.6 Å². The molecule has 0 saturated carbocycles. The minimum Gasteiger partial charge on any atom is -0.492 e. The first-order chi connectivity index (χ1) is 7.25. The molecule has 1 aliphatic rings. The molecule has 0 aromatic heterocycles. The second-order valence-electron chi connectivity index (χ2n) is 3.63. The Morgan fingerprint density at radius 1 is 1.47 bits per heavy atom. The van der Waals surface area contributed by atoms with Crippen molar-refractivity contribution >= 4 is 5.91 Å². The van der Waals surface area contributed by atoms with E-state index in [0.717, 1.165) is 24.4 Å². The first kappa shape index (κ1) is 9.98. The monoisotopic (exact) mass is 206 g/mol. The number of ether oxygens (including phenoxy) is 1. The Kier molecular flexibility index (Phi) is 2.87. The molecule has 2 rings (SSSR count). The number of nitrogens with zero attached hydrogens (tertiary/aromatic N) is 1. The average molecular weight is 206 g/mol. The number of para-hydroxylation sites is 1. The van der Waals surface area contributed by atoms with Crippen LogP contribution in [0.5, 0.6) is 5.75 Å². The Morgan fingerprint density at radius 3 is 3.07 bits per heavy atom. The molecule has 4 nitrogen and oxygen atoms in total. The largest absolute Gasteiger partial charge is 0.492 e. The first-order valence-corrected chi connectivity index (χ1v) is 4.97. The van der Waals surface area contributed by atoms with Gasteiger partial charge in [0.15, 0.2) is 0 Å². The number of fused-ring (bicyclic) bond motifs is 1. The summed E-state index contributed by atoms with van der Waals surface area (Å²) in [5.74, 6) is 0.610. The van der Waals surface area contributed by atoms with E-state index in [1.807, 2.05) is 29.2 Å². The van der Waals surface area contributed by atoms with E-state index < -0.39 is 0 Å². The molecule has 0 radical (unpaired) electrons. The fourth-order valence-corrected chi connectivity index (χ4v) is 1.74. The quantitative estimate of drug-likeness (QED) is 0.760. The fraction of sp³-hybridized carbons (Fsp3) is 0.364. The van der Waals surface area contributed by atoms with Gasteiger partial charge in [-0.25, -0.2) is 0 Å². The third kappa shape index (κ3) is 2.47. The van der Waals surface area contributed by atoms with Crippen molar-refractivity contribution in [3.05, 3.63) is 29.8 Å². The van der Waals surface area contributed by atoms with E-state index in [-0.39, 0.29) is 12.5 Å². The van der Waals surface area contributed by atoms with Gasteiger partial charge in [0.1, 0.15) is 12.4 Å².